The first-order chi connectivity index (χ1) is 8.11. The van der Waals surface area contributed by atoms with E-state index in [4.69, 9.17) is 4.74 Å². The zero-order chi connectivity index (χ0) is 12.4. The minimum atomic E-state index is -0.113. The van der Waals surface area contributed by atoms with Gasteiger partial charge in [0.25, 0.3) is 0 Å². The van der Waals surface area contributed by atoms with Crippen LogP contribution in [0.25, 0.3) is 0 Å². The predicted molar refractivity (Wildman–Crippen MR) is 61.0 cm³/mol. The van der Waals surface area contributed by atoms with Crippen molar-refractivity contribution in [2.45, 2.75) is 13.5 Å². The molecular weight excluding hydrogens is 220 g/mol. The third kappa shape index (κ3) is 2.46. The minimum absolute atomic E-state index is 0.0202. The highest BCUT2D eigenvalue weighted by atomic mass is 16.5. The number of aromatic nitrogens is 3. The normalized spacial score (nSPS) is 25.1. The summed E-state index contributed by atoms with van der Waals surface area (Å²) in [7, 11) is 3.37. The average molecular weight is 238 g/mol. The highest BCUT2D eigenvalue weighted by molar-refractivity contribution is 5.73. The molecule has 0 N–H and O–H groups in total. The monoisotopic (exact) mass is 238 g/mol. The van der Waals surface area contributed by atoms with Crippen LogP contribution in [0, 0.1) is 11.8 Å². The predicted octanol–water partition coefficient (Wildman–Crippen LogP) is 0.0560. The molecule has 0 radical (unpaired) electrons. The number of aryl methyl sites for hydroxylation is 1. The summed E-state index contributed by atoms with van der Waals surface area (Å²) >= 11 is 0. The molecule has 1 saturated heterocycles. The zero-order valence-electron chi connectivity index (χ0n) is 10.5. The van der Waals surface area contributed by atoms with Gasteiger partial charge in [-0.2, -0.15) is 0 Å². The number of hydrogen-bond acceptors (Lipinski definition) is 5. The lowest BCUT2D eigenvalue weighted by atomic mass is 9.99. The Labute approximate surface area is 101 Å². The van der Waals surface area contributed by atoms with E-state index in [0.29, 0.717) is 5.92 Å². The molecule has 0 amide bonds. The highest BCUT2D eigenvalue weighted by Gasteiger charge is 2.35. The van der Waals surface area contributed by atoms with Crippen LogP contribution in [0.15, 0.2) is 6.33 Å². The lowest BCUT2D eigenvalue weighted by molar-refractivity contribution is -0.146. The standard InChI is InChI=1S/C11H18N4O2/c1-8-4-15(5-9(8)11(16)17-3)6-10-13-12-7-14(10)2/h7-9H,4-6H2,1-3H3. The van der Waals surface area contributed by atoms with Gasteiger partial charge in [0, 0.05) is 20.1 Å². The van der Waals surface area contributed by atoms with Crippen molar-refractivity contribution in [3.8, 4) is 0 Å². The van der Waals surface area contributed by atoms with E-state index < -0.39 is 0 Å². The number of methoxy groups -OCH3 is 1. The lowest BCUT2D eigenvalue weighted by Gasteiger charge is -2.14. The van der Waals surface area contributed by atoms with Crippen LogP contribution in [0.4, 0.5) is 0 Å². The van der Waals surface area contributed by atoms with Crippen LogP contribution >= 0.6 is 0 Å². The molecule has 1 aliphatic heterocycles. The van der Waals surface area contributed by atoms with Crippen molar-refractivity contribution in [3.63, 3.8) is 0 Å². The molecule has 0 spiro atoms. The van der Waals surface area contributed by atoms with E-state index in [1.165, 1.54) is 7.11 Å². The lowest BCUT2D eigenvalue weighted by Crippen LogP contribution is -2.25. The number of carbonyl (C=O) groups is 1. The Morgan fingerprint density at radius 1 is 1.59 bits per heavy atom. The molecule has 1 aliphatic rings. The molecule has 94 valence electrons. The molecule has 0 aliphatic carbocycles. The summed E-state index contributed by atoms with van der Waals surface area (Å²) in [5.74, 6) is 1.12. The summed E-state index contributed by atoms with van der Waals surface area (Å²) in [6, 6.07) is 0. The van der Waals surface area contributed by atoms with E-state index in [0.717, 1.165) is 25.5 Å². The van der Waals surface area contributed by atoms with Gasteiger partial charge in [-0.05, 0) is 5.92 Å². The third-order valence-electron chi connectivity index (χ3n) is 3.36. The molecule has 6 heteroatoms. The third-order valence-corrected chi connectivity index (χ3v) is 3.36. The van der Waals surface area contributed by atoms with Crippen LogP contribution < -0.4 is 0 Å². The number of hydrogen-bond donors (Lipinski definition) is 0. The summed E-state index contributed by atoms with van der Waals surface area (Å²) in [6.45, 7) is 4.44. The number of carbonyl (C=O) groups excluding carboxylic acids is 1. The second-order valence-electron chi connectivity index (χ2n) is 4.66. The van der Waals surface area contributed by atoms with Crippen LogP contribution in [-0.2, 0) is 23.1 Å². The second kappa shape index (κ2) is 4.83. The Hall–Kier alpha value is -1.43. The summed E-state index contributed by atoms with van der Waals surface area (Å²) in [6.07, 6.45) is 1.69. The Bertz CT molecular complexity index is 404. The molecule has 0 aromatic carbocycles. The second-order valence-corrected chi connectivity index (χ2v) is 4.66. The van der Waals surface area contributed by atoms with Gasteiger partial charge in [-0.3, -0.25) is 9.69 Å². The molecule has 2 unspecified atom stereocenters. The fourth-order valence-electron chi connectivity index (χ4n) is 2.30. The molecule has 1 aromatic heterocycles. The van der Waals surface area contributed by atoms with Crippen molar-refractivity contribution in [2.24, 2.45) is 18.9 Å². The van der Waals surface area contributed by atoms with E-state index in [1.807, 2.05) is 11.6 Å². The maximum atomic E-state index is 11.6. The number of nitrogens with zero attached hydrogens (tertiary/aromatic N) is 4. The van der Waals surface area contributed by atoms with Crippen molar-refractivity contribution < 1.29 is 9.53 Å². The minimum Gasteiger partial charge on any atom is -0.469 e. The van der Waals surface area contributed by atoms with Crippen molar-refractivity contribution in [3.05, 3.63) is 12.2 Å². The number of likely N-dealkylation sites (tertiary alicyclic amines) is 1. The van der Waals surface area contributed by atoms with Crippen molar-refractivity contribution in [1.82, 2.24) is 19.7 Å². The Balaban J connectivity index is 1.97. The SMILES string of the molecule is COC(=O)C1CN(Cc2nncn2C)CC1C. The molecule has 2 rings (SSSR count). The Kier molecular flexibility index (Phi) is 3.42. The zero-order valence-corrected chi connectivity index (χ0v) is 10.5. The number of rotatable bonds is 3. The van der Waals surface area contributed by atoms with Gasteiger partial charge in [0.05, 0.1) is 19.6 Å². The van der Waals surface area contributed by atoms with E-state index in [9.17, 15) is 4.79 Å². The van der Waals surface area contributed by atoms with E-state index in [1.54, 1.807) is 6.33 Å². The molecule has 0 bridgehead atoms. The fourth-order valence-corrected chi connectivity index (χ4v) is 2.30. The van der Waals surface area contributed by atoms with Crippen LogP contribution in [0.2, 0.25) is 0 Å². The molecule has 0 saturated carbocycles. The van der Waals surface area contributed by atoms with E-state index in [2.05, 4.69) is 22.0 Å². The van der Waals surface area contributed by atoms with Crippen molar-refractivity contribution in [2.75, 3.05) is 20.2 Å². The Morgan fingerprint density at radius 3 is 2.94 bits per heavy atom. The largest absolute Gasteiger partial charge is 0.469 e. The van der Waals surface area contributed by atoms with Gasteiger partial charge in [0.15, 0.2) is 0 Å². The molecule has 17 heavy (non-hydrogen) atoms. The van der Waals surface area contributed by atoms with Gasteiger partial charge in [0.2, 0.25) is 0 Å². The summed E-state index contributed by atoms with van der Waals surface area (Å²) in [5, 5.41) is 7.90. The van der Waals surface area contributed by atoms with Crippen LogP contribution in [-0.4, -0.2) is 45.8 Å². The quantitative estimate of drug-likeness (QED) is 0.697. The van der Waals surface area contributed by atoms with Gasteiger partial charge in [0.1, 0.15) is 12.2 Å². The van der Waals surface area contributed by atoms with Crippen LogP contribution in [0.3, 0.4) is 0 Å². The molecule has 1 aromatic rings. The smallest absolute Gasteiger partial charge is 0.310 e. The summed E-state index contributed by atoms with van der Waals surface area (Å²) in [5.41, 5.74) is 0. The molecular formula is C11H18N4O2. The molecule has 2 heterocycles. The van der Waals surface area contributed by atoms with Gasteiger partial charge in [-0.15, -0.1) is 10.2 Å². The van der Waals surface area contributed by atoms with E-state index >= 15 is 0 Å². The first-order valence-corrected chi connectivity index (χ1v) is 5.75. The van der Waals surface area contributed by atoms with Gasteiger partial charge < -0.3 is 9.30 Å². The van der Waals surface area contributed by atoms with Crippen molar-refractivity contribution in [1.29, 1.82) is 0 Å². The van der Waals surface area contributed by atoms with E-state index in [-0.39, 0.29) is 11.9 Å². The molecule has 1 fully saturated rings. The average Bonchev–Trinajstić information content (AvgIpc) is 2.86. The first kappa shape index (κ1) is 12.0. The first-order valence-electron chi connectivity index (χ1n) is 5.75. The number of ether oxygens (including phenoxy) is 1. The summed E-state index contributed by atoms with van der Waals surface area (Å²) < 4.78 is 6.71. The van der Waals surface area contributed by atoms with Crippen LogP contribution in [0.1, 0.15) is 12.7 Å². The number of esters is 1. The van der Waals surface area contributed by atoms with Gasteiger partial charge in [-0.25, -0.2) is 0 Å². The maximum Gasteiger partial charge on any atom is 0.310 e. The van der Waals surface area contributed by atoms with Crippen LogP contribution in [0.5, 0.6) is 0 Å². The van der Waals surface area contributed by atoms with Gasteiger partial charge >= 0.3 is 5.97 Å². The summed E-state index contributed by atoms with van der Waals surface area (Å²) in [4.78, 5) is 13.8. The molecule has 6 nitrogen and oxygen atoms in total. The fraction of sp³-hybridized carbons (Fsp3) is 0.727. The van der Waals surface area contributed by atoms with Crippen molar-refractivity contribution >= 4 is 5.97 Å². The topological polar surface area (TPSA) is 60.2 Å². The highest BCUT2D eigenvalue weighted by Crippen LogP contribution is 2.24. The Morgan fingerprint density at radius 2 is 2.35 bits per heavy atom. The van der Waals surface area contributed by atoms with Gasteiger partial charge in [-0.1, -0.05) is 6.92 Å². The maximum absolute atomic E-state index is 11.6. The molecule has 2 atom stereocenters.